The summed E-state index contributed by atoms with van der Waals surface area (Å²) in [5.74, 6) is -0.0391. The quantitative estimate of drug-likeness (QED) is 0.772. The Bertz CT molecular complexity index is 400. The van der Waals surface area contributed by atoms with Gasteiger partial charge in [-0.1, -0.05) is 43.7 Å². The van der Waals surface area contributed by atoms with Gasteiger partial charge in [-0.3, -0.25) is 9.63 Å². The van der Waals surface area contributed by atoms with Crippen molar-refractivity contribution in [2.45, 2.75) is 44.8 Å². The summed E-state index contributed by atoms with van der Waals surface area (Å²) in [6.07, 6.45) is 3.78. The molecule has 0 aromatic heterocycles. The van der Waals surface area contributed by atoms with E-state index in [1.54, 1.807) is 0 Å². The van der Waals surface area contributed by atoms with E-state index in [4.69, 9.17) is 4.84 Å². The average molecular weight is 262 g/mol. The first-order valence-electron chi connectivity index (χ1n) is 6.98. The lowest BCUT2D eigenvalue weighted by Gasteiger charge is -2.27. The zero-order valence-electron chi connectivity index (χ0n) is 11.4. The van der Waals surface area contributed by atoms with E-state index in [0.717, 1.165) is 37.8 Å². The summed E-state index contributed by atoms with van der Waals surface area (Å²) in [7, 11) is 0. The first-order valence-corrected chi connectivity index (χ1v) is 6.98. The molecule has 1 fully saturated rings. The summed E-state index contributed by atoms with van der Waals surface area (Å²) >= 11 is 0. The second-order valence-electron chi connectivity index (χ2n) is 5.07. The molecule has 2 rings (SSSR count). The maximum absolute atomic E-state index is 12.2. The van der Waals surface area contributed by atoms with Crippen LogP contribution in [0.1, 0.15) is 38.2 Å². The molecular formula is C15H22N2O2. The van der Waals surface area contributed by atoms with Crippen molar-refractivity contribution in [3.63, 3.8) is 0 Å². The first kappa shape index (κ1) is 14.0. The van der Waals surface area contributed by atoms with Gasteiger partial charge in [0.1, 0.15) is 5.54 Å². The second-order valence-corrected chi connectivity index (χ2v) is 5.07. The van der Waals surface area contributed by atoms with Crippen molar-refractivity contribution in [3.05, 3.63) is 35.9 Å². The number of hydrogen-bond donors (Lipinski definition) is 2. The molecular weight excluding hydrogens is 240 g/mol. The van der Waals surface area contributed by atoms with Crippen molar-refractivity contribution in [1.29, 1.82) is 0 Å². The highest BCUT2D eigenvalue weighted by molar-refractivity contribution is 5.85. The largest absolute Gasteiger partial charge is 0.303 e. The molecule has 0 bridgehead atoms. The summed E-state index contributed by atoms with van der Waals surface area (Å²) < 4.78 is 0. The maximum Gasteiger partial charge on any atom is 0.263 e. The SMILES string of the molecule is CCCC1(C(=O)NOCc2ccccc2)CCCN1. The molecule has 1 atom stereocenters. The van der Waals surface area contributed by atoms with Crippen LogP contribution >= 0.6 is 0 Å². The summed E-state index contributed by atoms with van der Waals surface area (Å²) in [5.41, 5.74) is 3.22. The zero-order chi connectivity index (χ0) is 13.6. The minimum absolute atomic E-state index is 0.0391. The zero-order valence-corrected chi connectivity index (χ0v) is 11.4. The van der Waals surface area contributed by atoms with E-state index in [9.17, 15) is 4.79 Å². The Hall–Kier alpha value is -1.39. The van der Waals surface area contributed by atoms with Crippen LogP contribution in [0.4, 0.5) is 0 Å². The number of carbonyl (C=O) groups is 1. The Labute approximate surface area is 114 Å². The van der Waals surface area contributed by atoms with E-state index in [2.05, 4.69) is 17.7 Å². The van der Waals surface area contributed by atoms with Gasteiger partial charge in [0.05, 0.1) is 6.61 Å². The number of nitrogens with one attached hydrogen (secondary N) is 2. The van der Waals surface area contributed by atoms with E-state index in [1.807, 2.05) is 30.3 Å². The number of rotatable bonds is 6. The highest BCUT2D eigenvalue weighted by Crippen LogP contribution is 2.24. The molecule has 1 heterocycles. The Kier molecular flexibility index (Phi) is 4.93. The number of benzene rings is 1. The molecule has 1 aliphatic heterocycles. The third-order valence-electron chi connectivity index (χ3n) is 3.60. The molecule has 0 saturated carbocycles. The molecule has 2 N–H and O–H groups in total. The van der Waals surface area contributed by atoms with Gasteiger partial charge >= 0.3 is 0 Å². The van der Waals surface area contributed by atoms with Gasteiger partial charge in [-0.05, 0) is 31.4 Å². The van der Waals surface area contributed by atoms with Crippen LogP contribution in [0.5, 0.6) is 0 Å². The number of amides is 1. The standard InChI is InChI=1S/C15H22N2O2/c1-2-9-15(10-6-11-16-15)14(18)17-19-12-13-7-4-3-5-8-13/h3-5,7-8,16H,2,6,9-12H2,1H3,(H,17,18). The molecule has 1 unspecified atom stereocenters. The Morgan fingerprint density at radius 3 is 2.84 bits per heavy atom. The van der Waals surface area contributed by atoms with Gasteiger partial charge in [-0.2, -0.15) is 0 Å². The normalized spacial score (nSPS) is 22.4. The lowest BCUT2D eigenvalue weighted by atomic mass is 9.91. The Balaban J connectivity index is 1.83. The van der Waals surface area contributed by atoms with Gasteiger partial charge < -0.3 is 5.32 Å². The van der Waals surface area contributed by atoms with Crippen molar-refractivity contribution >= 4 is 5.91 Å². The van der Waals surface area contributed by atoms with Gasteiger partial charge in [0.25, 0.3) is 5.91 Å². The van der Waals surface area contributed by atoms with Gasteiger partial charge in [-0.25, -0.2) is 5.48 Å². The summed E-state index contributed by atoms with van der Waals surface area (Å²) in [6.45, 7) is 3.40. The number of hydrogen-bond acceptors (Lipinski definition) is 3. The molecule has 0 spiro atoms. The minimum Gasteiger partial charge on any atom is -0.303 e. The van der Waals surface area contributed by atoms with E-state index >= 15 is 0 Å². The van der Waals surface area contributed by atoms with E-state index < -0.39 is 5.54 Å². The summed E-state index contributed by atoms with van der Waals surface area (Å²) in [4.78, 5) is 17.6. The maximum atomic E-state index is 12.2. The van der Waals surface area contributed by atoms with Crippen molar-refractivity contribution in [2.24, 2.45) is 0 Å². The lowest BCUT2D eigenvalue weighted by Crippen LogP contribution is -2.53. The van der Waals surface area contributed by atoms with Crippen LogP contribution in [0, 0.1) is 0 Å². The van der Waals surface area contributed by atoms with Crippen molar-refractivity contribution < 1.29 is 9.63 Å². The predicted octanol–water partition coefficient (Wildman–Crippen LogP) is 2.16. The average Bonchev–Trinajstić information content (AvgIpc) is 2.90. The van der Waals surface area contributed by atoms with Crippen molar-refractivity contribution in [3.8, 4) is 0 Å². The first-order chi connectivity index (χ1) is 9.27. The fraction of sp³-hybridized carbons (Fsp3) is 0.533. The topological polar surface area (TPSA) is 50.4 Å². The van der Waals surface area contributed by atoms with Crippen LogP contribution in [-0.4, -0.2) is 18.0 Å². The molecule has 4 nitrogen and oxygen atoms in total. The minimum atomic E-state index is -0.425. The monoisotopic (exact) mass is 262 g/mol. The van der Waals surface area contributed by atoms with Crippen molar-refractivity contribution in [2.75, 3.05) is 6.54 Å². The van der Waals surface area contributed by atoms with Gasteiger partial charge in [-0.15, -0.1) is 0 Å². The predicted molar refractivity (Wildman–Crippen MR) is 74.2 cm³/mol. The van der Waals surface area contributed by atoms with Crippen LogP contribution in [0.2, 0.25) is 0 Å². The van der Waals surface area contributed by atoms with E-state index in [0.29, 0.717) is 6.61 Å². The molecule has 19 heavy (non-hydrogen) atoms. The lowest BCUT2D eigenvalue weighted by molar-refractivity contribution is -0.141. The molecule has 1 saturated heterocycles. The van der Waals surface area contributed by atoms with Crippen molar-refractivity contribution in [1.82, 2.24) is 10.8 Å². The third kappa shape index (κ3) is 3.55. The fourth-order valence-corrected chi connectivity index (χ4v) is 2.61. The summed E-state index contributed by atoms with van der Waals surface area (Å²) in [5, 5.41) is 3.33. The Morgan fingerprint density at radius 1 is 1.42 bits per heavy atom. The van der Waals surface area contributed by atoms with Crippen LogP contribution in [0.15, 0.2) is 30.3 Å². The molecule has 1 amide bonds. The third-order valence-corrected chi connectivity index (χ3v) is 3.60. The van der Waals surface area contributed by atoms with Crippen LogP contribution < -0.4 is 10.8 Å². The molecule has 1 aromatic rings. The van der Waals surface area contributed by atoms with Crippen LogP contribution in [0.3, 0.4) is 0 Å². The van der Waals surface area contributed by atoms with E-state index in [1.165, 1.54) is 0 Å². The molecule has 1 aromatic carbocycles. The molecule has 0 aliphatic carbocycles. The van der Waals surface area contributed by atoms with Gasteiger partial charge in [0, 0.05) is 0 Å². The molecule has 0 radical (unpaired) electrons. The molecule has 4 heteroatoms. The van der Waals surface area contributed by atoms with Crippen LogP contribution in [0.25, 0.3) is 0 Å². The van der Waals surface area contributed by atoms with Gasteiger partial charge in [0.2, 0.25) is 0 Å². The molecule has 104 valence electrons. The number of hydroxylamine groups is 1. The second kappa shape index (κ2) is 6.68. The highest BCUT2D eigenvalue weighted by atomic mass is 16.6. The number of carbonyl (C=O) groups excluding carboxylic acids is 1. The Morgan fingerprint density at radius 2 is 2.21 bits per heavy atom. The van der Waals surface area contributed by atoms with Gasteiger partial charge in [0.15, 0.2) is 0 Å². The molecule has 1 aliphatic rings. The smallest absolute Gasteiger partial charge is 0.263 e. The van der Waals surface area contributed by atoms with Crippen LogP contribution in [-0.2, 0) is 16.2 Å². The fourth-order valence-electron chi connectivity index (χ4n) is 2.61. The summed E-state index contributed by atoms with van der Waals surface area (Å²) in [6, 6.07) is 9.82. The highest BCUT2D eigenvalue weighted by Gasteiger charge is 2.40. The van der Waals surface area contributed by atoms with E-state index in [-0.39, 0.29) is 5.91 Å².